The summed E-state index contributed by atoms with van der Waals surface area (Å²) in [6.07, 6.45) is 1.53. The van der Waals surface area contributed by atoms with Crippen molar-refractivity contribution >= 4 is 28.5 Å². The van der Waals surface area contributed by atoms with Crippen molar-refractivity contribution < 1.29 is 4.79 Å². The van der Waals surface area contributed by atoms with Gasteiger partial charge in [0.25, 0.3) is 0 Å². The molecule has 3 aromatic rings. The van der Waals surface area contributed by atoms with Crippen LogP contribution in [-0.4, -0.2) is 15.5 Å². The third-order valence-electron chi connectivity index (χ3n) is 4.59. The molecule has 24 heavy (non-hydrogen) atoms. The van der Waals surface area contributed by atoms with Gasteiger partial charge in [-0.05, 0) is 36.2 Å². The van der Waals surface area contributed by atoms with Gasteiger partial charge in [-0.15, -0.1) is 0 Å². The molecule has 1 aliphatic heterocycles. The number of hydrogen-bond donors (Lipinski definition) is 1. The van der Waals surface area contributed by atoms with Crippen molar-refractivity contribution in [3.8, 4) is 0 Å². The van der Waals surface area contributed by atoms with Gasteiger partial charge < -0.3 is 9.88 Å². The zero-order valence-corrected chi connectivity index (χ0v) is 14.0. The number of fused-ring (bicyclic) bond motifs is 3. The summed E-state index contributed by atoms with van der Waals surface area (Å²) in [5.41, 5.74) is 3.18. The molecule has 5 heteroatoms. The van der Waals surface area contributed by atoms with Gasteiger partial charge in [0.2, 0.25) is 5.91 Å². The molecule has 0 spiro atoms. The van der Waals surface area contributed by atoms with Crippen molar-refractivity contribution in [3.63, 3.8) is 0 Å². The summed E-state index contributed by atoms with van der Waals surface area (Å²) in [6.45, 7) is 1.34. The van der Waals surface area contributed by atoms with E-state index in [2.05, 4.69) is 20.9 Å². The average molecular weight is 340 g/mol. The highest BCUT2D eigenvalue weighted by Crippen LogP contribution is 2.25. The van der Waals surface area contributed by atoms with E-state index < -0.39 is 0 Å². The number of amides is 1. The van der Waals surface area contributed by atoms with Gasteiger partial charge in [-0.1, -0.05) is 35.9 Å². The Morgan fingerprint density at radius 3 is 3.00 bits per heavy atom. The first-order chi connectivity index (χ1) is 11.7. The Balaban J connectivity index is 1.45. The first-order valence-corrected chi connectivity index (χ1v) is 8.55. The maximum Gasteiger partial charge on any atom is 0.223 e. The Labute approximate surface area is 145 Å². The molecule has 1 aromatic heterocycles. The van der Waals surface area contributed by atoms with E-state index in [1.807, 2.05) is 42.5 Å². The van der Waals surface area contributed by atoms with Crippen LogP contribution in [-0.2, 0) is 24.3 Å². The highest BCUT2D eigenvalue weighted by Gasteiger charge is 2.26. The smallest absolute Gasteiger partial charge is 0.223 e. The summed E-state index contributed by atoms with van der Waals surface area (Å²) in [6, 6.07) is 15.7. The summed E-state index contributed by atoms with van der Waals surface area (Å²) in [4.78, 5) is 17.2. The number of imidazole rings is 1. The molecule has 0 aliphatic carbocycles. The van der Waals surface area contributed by atoms with Gasteiger partial charge in [-0.25, -0.2) is 4.98 Å². The van der Waals surface area contributed by atoms with Crippen molar-refractivity contribution in [1.29, 1.82) is 0 Å². The molecule has 2 heterocycles. The van der Waals surface area contributed by atoms with E-state index in [1.54, 1.807) is 0 Å². The highest BCUT2D eigenvalue weighted by molar-refractivity contribution is 6.30. The molecular formula is C19H18ClN3O. The Morgan fingerprint density at radius 2 is 2.12 bits per heavy atom. The third kappa shape index (κ3) is 2.89. The van der Waals surface area contributed by atoms with Crippen molar-refractivity contribution in [2.75, 3.05) is 0 Å². The quantitative estimate of drug-likeness (QED) is 0.793. The van der Waals surface area contributed by atoms with Gasteiger partial charge in [-0.2, -0.15) is 0 Å². The van der Waals surface area contributed by atoms with E-state index in [4.69, 9.17) is 11.6 Å². The zero-order chi connectivity index (χ0) is 16.5. The molecule has 0 saturated heterocycles. The summed E-state index contributed by atoms with van der Waals surface area (Å²) in [5, 5.41) is 3.71. The number of halogens is 1. The number of carbonyl (C=O) groups excluding carboxylic acids is 1. The number of benzene rings is 2. The van der Waals surface area contributed by atoms with Crippen molar-refractivity contribution in [2.24, 2.45) is 5.92 Å². The van der Waals surface area contributed by atoms with E-state index in [-0.39, 0.29) is 11.8 Å². The zero-order valence-electron chi connectivity index (χ0n) is 13.2. The summed E-state index contributed by atoms with van der Waals surface area (Å²) in [7, 11) is 0. The first-order valence-electron chi connectivity index (χ1n) is 8.17. The largest absolute Gasteiger partial charge is 0.352 e. The number of carbonyl (C=O) groups is 1. The second-order valence-corrected chi connectivity index (χ2v) is 6.64. The van der Waals surface area contributed by atoms with E-state index in [1.165, 1.54) is 0 Å². The lowest BCUT2D eigenvalue weighted by Crippen LogP contribution is -2.35. The Hall–Kier alpha value is -2.33. The van der Waals surface area contributed by atoms with Gasteiger partial charge in [-0.3, -0.25) is 4.79 Å². The van der Waals surface area contributed by atoms with Crippen LogP contribution in [0.1, 0.15) is 17.8 Å². The minimum Gasteiger partial charge on any atom is -0.352 e. The molecular weight excluding hydrogens is 322 g/mol. The Bertz CT molecular complexity index is 903. The SMILES string of the molecule is O=C(NCc1cccc(Cl)c1)[C@@H]1CCn2c(nc3ccccc32)C1. The maximum atomic E-state index is 12.5. The number of hydrogen-bond acceptors (Lipinski definition) is 2. The molecule has 0 saturated carbocycles. The topological polar surface area (TPSA) is 46.9 Å². The molecule has 0 radical (unpaired) electrons. The van der Waals surface area contributed by atoms with Crippen LogP contribution < -0.4 is 5.32 Å². The standard InChI is InChI=1S/C19H18ClN3O/c20-15-5-3-4-13(10-15)12-21-19(24)14-8-9-23-17-7-2-1-6-16(17)22-18(23)11-14/h1-7,10,14H,8-9,11-12H2,(H,21,24)/t14-/m1/s1. The second-order valence-electron chi connectivity index (χ2n) is 6.21. The van der Waals surface area contributed by atoms with Crippen LogP contribution in [0.5, 0.6) is 0 Å². The molecule has 1 atom stereocenters. The van der Waals surface area contributed by atoms with E-state index in [0.717, 1.165) is 35.4 Å². The van der Waals surface area contributed by atoms with E-state index >= 15 is 0 Å². The van der Waals surface area contributed by atoms with Gasteiger partial charge in [0.15, 0.2) is 0 Å². The van der Waals surface area contributed by atoms with E-state index in [0.29, 0.717) is 18.0 Å². The van der Waals surface area contributed by atoms with Crippen LogP contribution in [0.3, 0.4) is 0 Å². The van der Waals surface area contributed by atoms with Crippen LogP contribution in [0.15, 0.2) is 48.5 Å². The maximum absolute atomic E-state index is 12.5. The molecule has 0 unspecified atom stereocenters. The molecule has 0 fully saturated rings. The minimum atomic E-state index is -0.0199. The summed E-state index contributed by atoms with van der Waals surface area (Å²) >= 11 is 5.98. The monoisotopic (exact) mass is 339 g/mol. The fourth-order valence-corrected chi connectivity index (χ4v) is 3.56. The van der Waals surface area contributed by atoms with Gasteiger partial charge in [0.05, 0.1) is 11.0 Å². The van der Waals surface area contributed by atoms with Gasteiger partial charge in [0, 0.05) is 30.5 Å². The van der Waals surface area contributed by atoms with Crippen LogP contribution >= 0.6 is 11.6 Å². The second kappa shape index (κ2) is 6.29. The summed E-state index contributed by atoms with van der Waals surface area (Å²) in [5.74, 6) is 1.08. The molecule has 0 bridgehead atoms. The number of aromatic nitrogens is 2. The van der Waals surface area contributed by atoms with Gasteiger partial charge >= 0.3 is 0 Å². The van der Waals surface area contributed by atoms with Crippen LogP contribution in [0.25, 0.3) is 11.0 Å². The molecule has 4 rings (SSSR count). The van der Waals surface area contributed by atoms with Crippen molar-refractivity contribution in [3.05, 3.63) is 64.9 Å². The number of nitrogens with one attached hydrogen (secondary N) is 1. The number of aryl methyl sites for hydroxylation is 1. The van der Waals surface area contributed by atoms with Crippen LogP contribution in [0, 0.1) is 5.92 Å². The van der Waals surface area contributed by atoms with Gasteiger partial charge in [0.1, 0.15) is 5.82 Å². The predicted octanol–water partition coefficient (Wildman–Crippen LogP) is 3.57. The third-order valence-corrected chi connectivity index (χ3v) is 4.83. The highest BCUT2D eigenvalue weighted by atomic mass is 35.5. The van der Waals surface area contributed by atoms with E-state index in [9.17, 15) is 4.79 Å². The Morgan fingerprint density at radius 1 is 1.25 bits per heavy atom. The summed E-state index contributed by atoms with van der Waals surface area (Å²) < 4.78 is 2.23. The molecule has 1 aliphatic rings. The number of para-hydroxylation sites is 2. The molecule has 1 amide bonds. The Kier molecular flexibility index (Phi) is 3.98. The van der Waals surface area contributed by atoms with Crippen LogP contribution in [0.2, 0.25) is 5.02 Å². The normalized spacial score (nSPS) is 16.8. The molecule has 1 N–H and O–H groups in total. The fraction of sp³-hybridized carbons (Fsp3) is 0.263. The molecule has 4 nitrogen and oxygen atoms in total. The number of rotatable bonds is 3. The minimum absolute atomic E-state index is 0.0199. The number of nitrogens with zero attached hydrogens (tertiary/aromatic N) is 2. The lowest BCUT2D eigenvalue weighted by Gasteiger charge is -2.23. The lowest BCUT2D eigenvalue weighted by molar-refractivity contribution is -0.125. The lowest BCUT2D eigenvalue weighted by atomic mass is 9.96. The van der Waals surface area contributed by atoms with Crippen molar-refractivity contribution in [2.45, 2.75) is 25.9 Å². The first kappa shape index (κ1) is 15.2. The predicted molar refractivity (Wildman–Crippen MR) is 94.8 cm³/mol. The van der Waals surface area contributed by atoms with Crippen LogP contribution in [0.4, 0.5) is 0 Å². The molecule has 122 valence electrons. The fourth-order valence-electron chi connectivity index (χ4n) is 3.34. The average Bonchev–Trinajstić information content (AvgIpc) is 2.97. The van der Waals surface area contributed by atoms with Crippen molar-refractivity contribution in [1.82, 2.24) is 14.9 Å². The molecule has 2 aromatic carbocycles.